The largest absolute Gasteiger partial charge is 0.485 e. The molecule has 0 aliphatic rings. The van der Waals surface area contributed by atoms with Crippen molar-refractivity contribution in [2.75, 3.05) is 0 Å². The Labute approximate surface area is 215 Å². The van der Waals surface area contributed by atoms with Gasteiger partial charge in [0.2, 0.25) is 5.75 Å². The van der Waals surface area contributed by atoms with Gasteiger partial charge in [0.25, 0.3) is 0 Å². The van der Waals surface area contributed by atoms with Crippen LogP contribution in [0.1, 0.15) is 33.9 Å². The number of aldehydes is 1. The summed E-state index contributed by atoms with van der Waals surface area (Å²) in [6, 6.07) is 22.6. The van der Waals surface area contributed by atoms with Crippen LogP contribution >= 0.6 is 0 Å². The Balaban J connectivity index is 1.81. The van der Waals surface area contributed by atoms with E-state index in [0.29, 0.717) is 0 Å². The molecule has 0 saturated carbocycles. The topological polar surface area (TPSA) is 91.6 Å². The van der Waals surface area contributed by atoms with Gasteiger partial charge in [0.1, 0.15) is 25.2 Å². The number of nitro benzene ring substituents is 1. The van der Waals surface area contributed by atoms with Gasteiger partial charge in [0, 0.05) is 12.3 Å². The lowest BCUT2D eigenvalue weighted by Crippen LogP contribution is -2.16. The number of pyridine rings is 1. The van der Waals surface area contributed by atoms with Crippen molar-refractivity contribution in [1.29, 1.82) is 0 Å². The number of rotatable bonds is 10. The molecule has 0 spiro atoms. The van der Waals surface area contributed by atoms with Gasteiger partial charge in [-0.15, -0.1) is 0 Å². The van der Waals surface area contributed by atoms with E-state index in [1.54, 1.807) is 48.5 Å². The first-order valence-corrected chi connectivity index (χ1v) is 11.4. The lowest BCUT2D eigenvalue weighted by atomic mass is 9.90. The van der Waals surface area contributed by atoms with Gasteiger partial charge in [0.05, 0.1) is 10.8 Å². The zero-order valence-corrected chi connectivity index (χ0v) is 19.8. The van der Waals surface area contributed by atoms with Gasteiger partial charge < -0.3 is 14.3 Å². The third-order valence-corrected chi connectivity index (χ3v) is 5.66. The number of hydrogen-bond donors (Lipinski definition) is 0. The van der Waals surface area contributed by atoms with Crippen LogP contribution in [0.5, 0.6) is 11.5 Å². The van der Waals surface area contributed by atoms with E-state index in [4.69, 9.17) is 9.47 Å². The highest BCUT2D eigenvalue weighted by Crippen LogP contribution is 2.43. The first kappa shape index (κ1) is 26.3. The highest BCUT2D eigenvalue weighted by atomic mass is 19.4. The van der Waals surface area contributed by atoms with E-state index in [0.717, 1.165) is 29.5 Å². The second-order valence-corrected chi connectivity index (χ2v) is 8.23. The minimum absolute atomic E-state index is 0.00437. The SMILES string of the molecule is O=CC(c1cc(OCc2ccccc2)c(OCc2ccccc2)c([N+](=O)[O-])c1)c1cccnc1C(F)(F)F. The van der Waals surface area contributed by atoms with Gasteiger partial charge >= 0.3 is 11.9 Å². The molecule has 38 heavy (non-hydrogen) atoms. The van der Waals surface area contributed by atoms with E-state index < -0.39 is 34.0 Å². The van der Waals surface area contributed by atoms with Crippen molar-refractivity contribution in [3.05, 3.63) is 129 Å². The average Bonchev–Trinajstić information content (AvgIpc) is 2.92. The fourth-order valence-corrected chi connectivity index (χ4v) is 3.88. The number of nitrogens with zero attached hydrogens (tertiary/aromatic N) is 2. The zero-order chi connectivity index (χ0) is 27.1. The van der Waals surface area contributed by atoms with Gasteiger partial charge in [-0.3, -0.25) is 15.1 Å². The molecule has 0 aliphatic heterocycles. The summed E-state index contributed by atoms with van der Waals surface area (Å²) in [6.07, 6.45) is -3.59. The normalized spacial score (nSPS) is 12.0. The smallest absolute Gasteiger partial charge is 0.433 e. The average molecular weight is 522 g/mol. The number of benzene rings is 3. The molecule has 0 saturated heterocycles. The molecule has 194 valence electrons. The van der Waals surface area contributed by atoms with Crippen LogP contribution in [0.2, 0.25) is 0 Å². The quantitative estimate of drug-likeness (QED) is 0.134. The highest BCUT2D eigenvalue weighted by Gasteiger charge is 2.38. The molecule has 0 amide bonds. The molecule has 0 aliphatic carbocycles. The Morgan fingerprint density at radius 1 is 0.895 bits per heavy atom. The van der Waals surface area contributed by atoms with Crippen molar-refractivity contribution in [3.8, 4) is 11.5 Å². The van der Waals surface area contributed by atoms with Crippen LogP contribution in [-0.4, -0.2) is 16.2 Å². The minimum atomic E-state index is -4.84. The molecule has 4 aromatic rings. The van der Waals surface area contributed by atoms with Gasteiger partial charge in [-0.1, -0.05) is 66.7 Å². The number of aromatic nitrogens is 1. The van der Waals surface area contributed by atoms with Gasteiger partial charge in [0.15, 0.2) is 5.75 Å². The maximum absolute atomic E-state index is 13.7. The lowest BCUT2D eigenvalue weighted by molar-refractivity contribution is -0.386. The Morgan fingerprint density at radius 2 is 1.50 bits per heavy atom. The van der Waals surface area contributed by atoms with E-state index in [2.05, 4.69) is 4.98 Å². The van der Waals surface area contributed by atoms with Crippen molar-refractivity contribution in [2.45, 2.75) is 25.3 Å². The third kappa shape index (κ3) is 6.15. The van der Waals surface area contributed by atoms with Crippen molar-refractivity contribution >= 4 is 12.0 Å². The molecule has 1 unspecified atom stereocenters. The van der Waals surface area contributed by atoms with Gasteiger partial charge in [-0.2, -0.15) is 13.2 Å². The summed E-state index contributed by atoms with van der Waals surface area (Å²) in [4.78, 5) is 26.9. The fourth-order valence-electron chi connectivity index (χ4n) is 3.88. The van der Waals surface area contributed by atoms with Crippen LogP contribution in [0.15, 0.2) is 91.1 Å². The first-order chi connectivity index (χ1) is 18.3. The second-order valence-electron chi connectivity index (χ2n) is 8.23. The van der Waals surface area contributed by atoms with Crippen LogP contribution in [0.3, 0.4) is 0 Å². The number of nitro groups is 1. The minimum Gasteiger partial charge on any atom is -0.485 e. The summed E-state index contributed by atoms with van der Waals surface area (Å²) < 4.78 is 52.6. The Morgan fingerprint density at radius 3 is 2.05 bits per heavy atom. The molecule has 1 aromatic heterocycles. The molecule has 7 nitrogen and oxygen atoms in total. The Bertz CT molecular complexity index is 1410. The molecule has 4 rings (SSSR count). The van der Waals surface area contributed by atoms with Crippen LogP contribution in [0.25, 0.3) is 0 Å². The van der Waals surface area contributed by atoms with Gasteiger partial charge in [-0.05, 0) is 34.4 Å². The first-order valence-electron chi connectivity index (χ1n) is 11.4. The fraction of sp³-hybridized carbons (Fsp3) is 0.143. The number of carbonyl (C=O) groups is 1. The number of carbonyl (C=O) groups excluding carboxylic acids is 1. The molecule has 3 aromatic carbocycles. The summed E-state index contributed by atoms with van der Waals surface area (Å²) in [7, 11) is 0. The number of halogens is 3. The van der Waals surface area contributed by atoms with Crippen molar-refractivity contribution < 1.29 is 32.4 Å². The zero-order valence-electron chi connectivity index (χ0n) is 19.8. The van der Waals surface area contributed by atoms with E-state index in [1.807, 2.05) is 12.1 Å². The lowest BCUT2D eigenvalue weighted by Gasteiger charge is -2.19. The molecule has 10 heteroatoms. The summed E-state index contributed by atoms with van der Waals surface area (Å²) in [6.45, 7) is -0.0315. The van der Waals surface area contributed by atoms with Crippen LogP contribution in [0.4, 0.5) is 18.9 Å². The number of ether oxygens (including phenoxy) is 2. The van der Waals surface area contributed by atoms with E-state index in [-0.39, 0.29) is 36.6 Å². The summed E-state index contributed by atoms with van der Waals surface area (Å²) in [5.41, 5.74) is -0.831. The summed E-state index contributed by atoms with van der Waals surface area (Å²) in [5, 5.41) is 12.1. The molecule has 1 atom stereocenters. The molecule has 0 radical (unpaired) electrons. The Hall–Kier alpha value is -4.73. The van der Waals surface area contributed by atoms with Crippen molar-refractivity contribution in [3.63, 3.8) is 0 Å². The maximum Gasteiger partial charge on any atom is 0.433 e. The predicted octanol–water partition coefficient (Wildman–Crippen LogP) is 6.50. The third-order valence-electron chi connectivity index (χ3n) is 5.66. The predicted molar refractivity (Wildman–Crippen MR) is 132 cm³/mol. The summed E-state index contributed by atoms with van der Waals surface area (Å²) >= 11 is 0. The molecular weight excluding hydrogens is 501 g/mol. The number of hydrogen-bond acceptors (Lipinski definition) is 6. The molecular formula is C28H21F3N2O5. The van der Waals surface area contributed by atoms with E-state index >= 15 is 0 Å². The highest BCUT2D eigenvalue weighted by molar-refractivity contribution is 5.72. The van der Waals surface area contributed by atoms with Crippen molar-refractivity contribution in [1.82, 2.24) is 4.98 Å². The molecule has 0 fully saturated rings. The van der Waals surface area contributed by atoms with Crippen LogP contribution in [0, 0.1) is 10.1 Å². The van der Waals surface area contributed by atoms with Crippen LogP contribution < -0.4 is 9.47 Å². The summed E-state index contributed by atoms with van der Waals surface area (Å²) in [5.74, 6) is -1.79. The maximum atomic E-state index is 13.7. The number of alkyl halides is 3. The standard InChI is InChI=1S/C28H21F3N2O5/c29-28(30,31)27-22(12-7-13-32-27)23(16-34)21-14-24(33(35)36)26(38-18-20-10-5-2-6-11-20)25(15-21)37-17-19-8-3-1-4-9-19/h1-16,23H,17-18H2. The monoisotopic (exact) mass is 522 g/mol. The van der Waals surface area contributed by atoms with E-state index in [9.17, 15) is 28.1 Å². The molecule has 1 heterocycles. The second kappa shape index (κ2) is 11.5. The molecule has 0 N–H and O–H groups in total. The Kier molecular flexibility index (Phi) is 8.00. The van der Waals surface area contributed by atoms with Crippen molar-refractivity contribution in [2.24, 2.45) is 0 Å². The van der Waals surface area contributed by atoms with Gasteiger partial charge in [-0.25, -0.2) is 0 Å². The van der Waals surface area contributed by atoms with Crippen LogP contribution in [-0.2, 0) is 24.2 Å². The molecule has 0 bridgehead atoms. The van der Waals surface area contributed by atoms with E-state index in [1.165, 1.54) is 12.1 Å².